The number of amides is 2. The molecule has 0 saturated carbocycles. The topological polar surface area (TPSA) is 82.5 Å². The van der Waals surface area contributed by atoms with Gasteiger partial charge in [-0.1, -0.05) is 30.3 Å². The second-order valence-corrected chi connectivity index (χ2v) is 6.13. The average molecular weight is 339 g/mol. The Kier molecular flexibility index (Phi) is 5.09. The molecule has 0 spiro atoms. The van der Waals surface area contributed by atoms with E-state index in [0.29, 0.717) is 12.1 Å². The van der Waals surface area contributed by atoms with Gasteiger partial charge in [0.1, 0.15) is 0 Å². The largest absolute Gasteiger partial charge is 0.394 e. The smallest absolute Gasteiger partial charge is 0.251 e. The summed E-state index contributed by atoms with van der Waals surface area (Å²) in [6.45, 7) is 1.71. The van der Waals surface area contributed by atoms with Crippen molar-refractivity contribution in [2.75, 3.05) is 13.2 Å². The molecule has 130 valence electrons. The van der Waals surface area contributed by atoms with Crippen molar-refractivity contribution in [2.45, 2.75) is 24.9 Å². The van der Waals surface area contributed by atoms with Crippen LogP contribution in [0.5, 0.6) is 0 Å². The van der Waals surface area contributed by atoms with Crippen LogP contribution in [0.1, 0.15) is 28.8 Å². The van der Waals surface area contributed by atoms with Crippen molar-refractivity contribution >= 4 is 11.8 Å². The number of aromatic nitrogens is 1. The standard InChI is InChI=1S/C19H21N3O3/c1-13(24)22-16(11-21-19(25)15-7-9-20-10-8-15)18(17(22)12-23)14-5-3-2-4-6-14/h2-10,16-18,23H,11-12H2,1H3,(H,21,25)/t16-,17+,18+/m0/s1. The second kappa shape index (κ2) is 7.44. The predicted molar refractivity (Wildman–Crippen MR) is 92.9 cm³/mol. The first-order chi connectivity index (χ1) is 12.1. The molecular formula is C19H21N3O3. The van der Waals surface area contributed by atoms with E-state index >= 15 is 0 Å². The fourth-order valence-electron chi connectivity index (χ4n) is 3.56. The van der Waals surface area contributed by atoms with E-state index < -0.39 is 0 Å². The van der Waals surface area contributed by atoms with Crippen molar-refractivity contribution in [3.8, 4) is 0 Å². The quantitative estimate of drug-likeness (QED) is 0.857. The lowest BCUT2D eigenvalue weighted by molar-refractivity contribution is -0.147. The molecule has 1 aromatic carbocycles. The summed E-state index contributed by atoms with van der Waals surface area (Å²) in [7, 11) is 0. The van der Waals surface area contributed by atoms with E-state index in [1.165, 1.54) is 6.92 Å². The molecule has 1 aromatic heterocycles. The van der Waals surface area contributed by atoms with Gasteiger partial charge in [-0.05, 0) is 17.7 Å². The normalized spacial score (nSPS) is 22.2. The minimum absolute atomic E-state index is 0.00663. The van der Waals surface area contributed by atoms with Gasteiger partial charge < -0.3 is 15.3 Å². The molecule has 6 nitrogen and oxygen atoms in total. The van der Waals surface area contributed by atoms with Crippen LogP contribution in [0.3, 0.4) is 0 Å². The number of carbonyl (C=O) groups is 2. The van der Waals surface area contributed by atoms with Crippen molar-refractivity contribution in [3.63, 3.8) is 0 Å². The van der Waals surface area contributed by atoms with E-state index in [1.54, 1.807) is 29.4 Å². The third kappa shape index (κ3) is 3.39. The molecule has 3 rings (SSSR count). The van der Waals surface area contributed by atoms with Gasteiger partial charge in [-0.25, -0.2) is 0 Å². The Labute approximate surface area is 146 Å². The summed E-state index contributed by atoms with van der Waals surface area (Å²) in [5.74, 6) is -0.313. The van der Waals surface area contributed by atoms with Crippen LogP contribution in [-0.2, 0) is 4.79 Å². The van der Waals surface area contributed by atoms with Gasteiger partial charge in [0.2, 0.25) is 5.91 Å². The van der Waals surface area contributed by atoms with E-state index in [0.717, 1.165) is 5.56 Å². The number of pyridine rings is 1. The van der Waals surface area contributed by atoms with Crippen LogP contribution < -0.4 is 5.32 Å². The molecule has 1 fully saturated rings. The maximum Gasteiger partial charge on any atom is 0.251 e. The molecule has 2 aromatic rings. The van der Waals surface area contributed by atoms with E-state index in [4.69, 9.17) is 0 Å². The Morgan fingerprint density at radius 1 is 1.12 bits per heavy atom. The monoisotopic (exact) mass is 339 g/mol. The Balaban J connectivity index is 1.76. The van der Waals surface area contributed by atoms with Crippen molar-refractivity contribution in [3.05, 3.63) is 66.0 Å². The zero-order valence-corrected chi connectivity index (χ0v) is 14.0. The summed E-state index contributed by atoms with van der Waals surface area (Å²) in [5, 5.41) is 12.6. The SMILES string of the molecule is CC(=O)N1[C@H](CO)[C@H](c2ccccc2)[C@@H]1CNC(=O)c1ccncc1. The molecule has 0 bridgehead atoms. The first-order valence-corrected chi connectivity index (χ1v) is 8.26. The van der Waals surface area contributed by atoms with Crippen LogP contribution in [0.4, 0.5) is 0 Å². The summed E-state index contributed by atoms with van der Waals surface area (Å²) in [5.41, 5.74) is 1.58. The third-order valence-electron chi connectivity index (χ3n) is 4.69. The molecular weight excluding hydrogens is 318 g/mol. The maximum absolute atomic E-state index is 12.3. The number of benzene rings is 1. The number of carbonyl (C=O) groups excluding carboxylic acids is 2. The summed E-state index contributed by atoms with van der Waals surface area (Å²) in [6.07, 6.45) is 3.13. The number of aliphatic hydroxyl groups excluding tert-OH is 1. The fraction of sp³-hybridized carbons (Fsp3) is 0.316. The Hall–Kier alpha value is -2.73. The lowest BCUT2D eigenvalue weighted by Crippen LogP contribution is -2.68. The number of likely N-dealkylation sites (tertiary alicyclic amines) is 1. The lowest BCUT2D eigenvalue weighted by Gasteiger charge is -2.54. The summed E-state index contributed by atoms with van der Waals surface area (Å²) < 4.78 is 0. The van der Waals surface area contributed by atoms with Crippen LogP contribution in [0, 0.1) is 0 Å². The van der Waals surface area contributed by atoms with Gasteiger partial charge in [0.15, 0.2) is 0 Å². The van der Waals surface area contributed by atoms with Gasteiger partial charge in [0.05, 0.1) is 18.7 Å². The van der Waals surface area contributed by atoms with Gasteiger partial charge in [0, 0.05) is 37.3 Å². The number of nitrogens with zero attached hydrogens (tertiary/aromatic N) is 2. The average Bonchev–Trinajstić information content (AvgIpc) is 2.62. The first-order valence-electron chi connectivity index (χ1n) is 8.26. The molecule has 6 heteroatoms. The number of hydrogen-bond donors (Lipinski definition) is 2. The Morgan fingerprint density at radius 3 is 2.40 bits per heavy atom. The third-order valence-corrected chi connectivity index (χ3v) is 4.69. The van der Waals surface area contributed by atoms with Crippen molar-refractivity contribution in [1.29, 1.82) is 0 Å². The Morgan fingerprint density at radius 2 is 1.80 bits per heavy atom. The molecule has 0 radical (unpaired) electrons. The minimum Gasteiger partial charge on any atom is -0.394 e. The molecule has 3 atom stereocenters. The van der Waals surface area contributed by atoms with Gasteiger partial charge in [-0.3, -0.25) is 14.6 Å². The molecule has 1 aliphatic rings. The molecule has 2 amide bonds. The molecule has 2 N–H and O–H groups in total. The van der Waals surface area contributed by atoms with Crippen molar-refractivity contribution in [2.24, 2.45) is 0 Å². The van der Waals surface area contributed by atoms with Crippen LogP contribution in [0.2, 0.25) is 0 Å². The Bertz CT molecular complexity index is 736. The number of hydrogen-bond acceptors (Lipinski definition) is 4. The summed E-state index contributed by atoms with van der Waals surface area (Å²) in [4.78, 5) is 29.8. The molecule has 1 aliphatic heterocycles. The van der Waals surface area contributed by atoms with Crippen LogP contribution >= 0.6 is 0 Å². The molecule has 0 aliphatic carbocycles. The van der Waals surface area contributed by atoms with Crippen LogP contribution in [-0.4, -0.2) is 52.0 Å². The maximum atomic E-state index is 12.3. The first kappa shape index (κ1) is 17.1. The zero-order valence-electron chi connectivity index (χ0n) is 14.0. The number of aliphatic hydroxyl groups is 1. The highest BCUT2D eigenvalue weighted by Gasteiger charge is 2.49. The fourth-order valence-corrected chi connectivity index (χ4v) is 3.56. The summed E-state index contributed by atoms with van der Waals surface area (Å²) >= 11 is 0. The van der Waals surface area contributed by atoms with E-state index in [-0.39, 0.29) is 36.4 Å². The molecule has 1 saturated heterocycles. The predicted octanol–water partition coefficient (Wildman–Crippen LogP) is 1.19. The highest BCUT2D eigenvalue weighted by Crippen LogP contribution is 2.40. The van der Waals surface area contributed by atoms with Gasteiger partial charge in [0.25, 0.3) is 5.91 Å². The van der Waals surface area contributed by atoms with E-state index in [2.05, 4.69) is 10.3 Å². The molecule has 25 heavy (non-hydrogen) atoms. The summed E-state index contributed by atoms with van der Waals surface area (Å²) in [6, 6.07) is 12.6. The van der Waals surface area contributed by atoms with Crippen LogP contribution in [0.25, 0.3) is 0 Å². The van der Waals surface area contributed by atoms with Gasteiger partial charge in [-0.2, -0.15) is 0 Å². The van der Waals surface area contributed by atoms with Gasteiger partial charge in [-0.15, -0.1) is 0 Å². The van der Waals surface area contributed by atoms with E-state index in [1.807, 2.05) is 30.3 Å². The molecule has 0 unspecified atom stereocenters. The van der Waals surface area contributed by atoms with Gasteiger partial charge >= 0.3 is 0 Å². The van der Waals surface area contributed by atoms with E-state index in [9.17, 15) is 14.7 Å². The highest BCUT2D eigenvalue weighted by molar-refractivity contribution is 5.94. The minimum atomic E-state index is -0.261. The van der Waals surface area contributed by atoms with Crippen LogP contribution in [0.15, 0.2) is 54.9 Å². The van der Waals surface area contributed by atoms with Crippen molar-refractivity contribution < 1.29 is 14.7 Å². The van der Waals surface area contributed by atoms with Crippen molar-refractivity contribution in [1.82, 2.24) is 15.2 Å². The second-order valence-electron chi connectivity index (χ2n) is 6.13. The lowest BCUT2D eigenvalue weighted by atomic mass is 9.75. The molecule has 2 heterocycles. The number of nitrogens with one attached hydrogen (secondary N) is 1. The highest BCUT2D eigenvalue weighted by atomic mass is 16.3. The zero-order chi connectivity index (χ0) is 17.8. The number of rotatable bonds is 5.